The van der Waals surface area contributed by atoms with Crippen LogP contribution < -0.4 is 10.1 Å². The summed E-state index contributed by atoms with van der Waals surface area (Å²) in [6.07, 6.45) is 0.411. The van der Waals surface area contributed by atoms with Crippen molar-refractivity contribution in [2.24, 2.45) is 0 Å². The van der Waals surface area contributed by atoms with Crippen LogP contribution in [-0.2, 0) is 28.0 Å². The summed E-state index contributed by atoms with van der Waals surface area (Å²) in [4.78, 5) is 28.6. The summed E-state index contributed by atoms with van der Waals surface area (Å²) in [7, 11) is 0. The molecule has 0 radical (unpaired) electrons. The lowest BCUT2D eigenvalue weighted by Crippen LogP contribution is -2.51. The molecule has 0 saturated carbocycles. The Hall–Kier alpha value is -3.12. The Morgan fingerprint density at radius 2 is 1.68 bits per heavy atom. The lowest BCUT2D eigenvalue weighted by Gasteiger charge is -2.32. The number of carbonyl (C=O) groups is 2. The summed E-state index contributed by atoms with van der Waals surface area (Å²) in [5.74, 6) is 0.168. The second kappa shape index (κ2) is 12.9. The number of carbonyl (C=O) groups excluding carboxylic acids is 2. The molecule has 2 amide bonds. The maximum Gasteiger partial charge on any atom is 0.261 e. The van der Waals surface area contributed by atoms with Crippen LogP contribution in [0.4, 0.5) is 0 Å². The molecule has 6 heteroatoms. The molecule has 0 aromatic heterocycles. The summed E-state index contributed by atoms with van der Waals surface area (Å²) in [5.41, 5.74) is 4.21. The predicted molar refractivity (Wildman–Crippen MR) is 153 cm³/mol. The minimum absolute atomic E-state index is 0.00148. The van der Waals surface area contributed by atoms with Gasteiger partial charge in [0, 0.05) is 19.5 Å². The number of hydrogen-bond donors (Lipinski definition) is 1. The Balaban J connectivity index is 1.90. The highest BCUT2D eigenvalue weighted by atomic mass is 79.9. The van der Waals surface area contributed by atoms with E-state index < -0.39 is 6.04 Å². The van der Waals surface area contributed by atoms with Crippen LogP contribution in [0, 0.1) is 6.92 Å². The number of amides is 2. The van der Waals surface area contributed by atoms with Crippen LogP contribution in [0.2, 0.25) is 0 Å². The fourth-order valence-corrected chi connectivity index (χ4v) is 4.62. The van der Waals surface area contributed by atoms with Crippen LogP contribution in [0.3, 0.4) is 0 Å². The van der Waals surface area contributed by atoms with Crippen molar-refractivity contribution in [3.8, 4) is 5.75 Å². The van der Waals surface area contributed by atoms with E-state index in [0.29, 0.717) is 25.3 Å². The first kappa shape index (κ1) is 28.5. The Morgan fingerprint density at radius 3 is 2.30 bits per heavy atom. The van der Waals surface area contributed by atoms with Gasteiger partial charge in [-0.15, -0.1) is 0 Å². The van der Waals surface area contributed by atoms with Crippen molar-refractivity contribution in [2.45, 2.75) is 59.0 Å². The van der Waals surface area contributed by atoms with E-state index in [4.69, 9.17) is 4.74 Å². The van der Waals surface area contributed by atoms with Gasteiger partial charge in [0.15, 0.2) is 6.61 Å². The Morgan fingerprint density at radius 1 is 1.00 bits per heavy atom. The zero-order valence-corrected chi connectivity index (χ0v) is 24.0. The summed E-state index contributed by atoms with van der Waals surface area (Å²) >= 11 is 3.59. The first-order valence-electron chi connectivity index (χ1n) is 12.7. The average Bonchev–Trinajstić information content (AvgIpc) is 2.86. The minimum atomic E-state index is -0.676. The van der Waals surface area contributed by atoms with Crippen molar-refractivity contribution < 1.29 is 14.3 Å². The zero-order chi connectivity index (χ0) is 27.0. The number of hydrogen-bond acceptors (Lipinski definition) is 3. The van der Waals surface area contributed by atoms with E-state index in [1.807, 2.05) is 86.6 Å². The number of nitrogens with one attached hydrogen (secondary N) is 1. The van der Waals surface area contributed by atoms with Gasteiger partial charge in [0.2, 0.25) is 5.91 Å². The van der Waals surface area contributed by atoms with E-state index in [0.717, 1.165) is 21.2 Å². The van der Waals surface area contributed by atoms with Gasteiger partial charge in [-0.25, -0.2) is 0 Å². The molecule has 196 valence electrons. The van der Waals surface area contributed by atoms with Crippen LogP contribution in [0.15, 0.2) is 77.3 Å². The highest BCUT2D eigenvalue weighted by molar-refractivity contribution is 9.10. The summed E-state index contributed by atoms with van der Waals surface area (Å²) in [6.45, 7) is 11.0. The smallest absolute Gasteiger partial charge is 0.261 e. The molecule has 0 aliphatic rings. The van der Waals surface area contributed by atoms with Gasteiger partial charge in [-0.2, -0.15) is 0 Å². The molecule has 0 aliphatic carbocycles. The second-order valence-corrected chi connectivity index (χ2v) is 11.1. The molecule has 1 atom stereocenters. The topological polar surface area (TPSA) is 58.6 Å². The molecular formula is C31H37BrN2O3. The predicted octanol–water partition coefficient (Wildman–Crippen LogP) is 6.21. The molecule has 0 bridgehead atoms. The van der Waals surface area contributed by atoms with Crippen LogP contribution in [0.1, 0.15) is 49.9 Å². The van der Waals surface area contributed by atoms with E-state index in [-0.39, 0.29) is 23.8 Å². The lowest BCUT2D eigenvalue weighted by atomic mass is 9.87. The van der Waals surface area contributed by atoms with Gasteiger partial charge in [-0.05, 0) is 69.6 Å². The first-order valence-corrected chi connectivity index (χ1v) is 13.5. The van der Waals surface area contributed by atoms with Crippen LogP contribution in [0.25, 0.3) is 0 Å². The van der Waals surface area contributed by atoms with E-state index in [1.54, 1.807) is 4.90 Å². The Bertz CT molecular complexity index is 1200. The van der Waals surface area contributed by atoms with E-state index >= 15 is 0 Å². The number of benzene rings is 3. The molecule has 3 aromatic rings. The number of ether oxygens (including phenoxy) is 1. The van der Waals surface area contributed by atoms with Gasteiger partial charge in [0.1, 0.15) is 11.8 Å². The van der Waals surface area contributed by atoms with Crippen molar-refractivity contribution in [3.63, 3.8) is 0 Å². The summed E-state index contributed by atoms with van der Waals surface area (Å²) in [5, 5.41) is 2.92. The first-order chi connectivity index (χ1) is 17.6. The van der Waals surface area contributed by atoms with Crippen molar-refractivity contribution in [3.05, 3.63) is 99.5 Å². The highest BCUT2D eigenvalue weighted by Gasteiger charge is 2.31. The minimum Gasteiger partial charge on any atom is -0.483 e. The summed E-state index contributed by atoms with van der Waals surface area (Å²) < 4.78 is 6.78. The maximum atomic E-state index is 13.7. The summed E-state index contributed by atoms with van der Waals surface area (Å²) in [6, 6.07) is 23.0. The number of aryl methyl sites for hydroxylation is 1. The Labute approximate surface area is 229 Å². The largest absolute Gasteiger partial charge is 0.483 e. The van der Waals surface area contributed by atoms with Gasteiger partial charge in [-0.1, -0.05) is 81.4 Å². The average molecular weight is 566 g/mol. The molecule has 3 rings (SSSR count). The molecule has 37 heavy (non-hydrogen) atoms. The molecule has 0 aliphatic heterocycles. The van der Waals surface area contributed by atoms with Gasteiger partial charge < -0.3 is 15.0 Å². The molecule has 1 N–H and O–H groups in total. The van der Waals surface area contributed by atoms with Gasteiger partial charge >= 0.3 is 0 Å². The SMILES string of the molecule is CCNC(=O)[C@H](Cc1ccccc1)N(Cc1ccccc1C)C(=O)COc1ccc(C(C)(C)C)cc1Br. The van der Waals surface area contributed by atoms with E-state index in [1.165, 1.54) is 5.56 Å². The molecule has 3 aromatic carbocycles. The molecule has 0 saturated heterocycles. The van der Waals surface area contributed by atoms with Crippen molar-refractivity contribution in [1.29, 1.82) is 0 Å². The highest BCUT2D eigenvalue weighted by Crippen LogP contribution is 2.31. The van der Waals surface area contributed by atoms with Crippen molar-refractivity contribution in [1.82, 2.24) is 10.2 Å². The standard InChI is InChI=1S/C31H37BrN2O3/c1-6-33-30(36)27(18-23-13-8-7-9-14-23)34(20-24-15-11-10-12-22(24)2)29(35)21-37-28-17-16-25(19-26(28)32)31(3,4)5/h7-17,19,27H,6,18,20-21H2,1-5H3,(H,33,36)/t27-/m0/s1. The third-order valence-corrected chi connectivity index (χ3v) is 6.99. The number of likely N-dealkylation sites (N-methyl/N-ethyl adjacent to an activating group) is 1. The third kappa shape index (κ3) is 7.93. The van der Waals surface area contributed by atoms with Crippen molar-refractivity contribution >= 4 is 27.7 Å². The van der Waals surface area contributed by atoms with Gasteiger partial charge in [0.05, 0.1) is 4.47 Å². The normalized spacial score (nSPS) is 12.1. The zero-order valence-electron chi connectivity index (χ0n) is 22.4. The van der Waals surface area contributed by atoms with Crippen LogP contribution >= 0.6 is 15.9 Å². The van der Waals surface area contributed by atoms with Gasteiger partial charge in [0.25, 0.3) is 5.91 Å². The Kier molecular flexibility index (Phi) is 9.93. The van der Waals surface area contributed by atoms with Crippen molar-refractivity contribution in [2.75, 3.05) is 13.2 Å². The molecular weight excluding hydrogens is 528 g/mol. The molecule has 0 fully saturated rings. The number of rotatable bonds is 10. The quantitative estimate of drug-likeness (QED) is 0.318. The van der Waals surface area contributed by atoms with Crippen LogP contribution in [-0.4, -0.2) is 35.9 Å². The van der Waals surface area contributed by atoms with E-state index in [9.17, 15) is 9.59 Å². The molecule has 0 heterocycles. The number of nitrogens with zero attached hydrogens (tertiary/aromatic N) is 1. The van der Waals surface area contributed by atoms with E-state index in [2.05, 4.69) is 42.0 Å². The molecule has 0 spiro atoms. The fraction of sp³-hybridized carbons (Fsp3) is 0.355. The lowest BCUT2D eigenvalue weighted by molar-refractivity contribution is -0.142. The monoisotopic (exact) mass is 564 g/mol. The van der Waals surface area contributed by atoms with Crippen LogP contribution in [0.5, 0.6) is 5.75 Å². The molecule has 5 nitrogen and oxygen atoms in total. The maximum absolute atomic E-state index is 13.7. The number of halogens is 1. The third-order valence-electron chi connectivity index (χ3n) is 6.37. The van der Waals surface area contributed by atoms with Gasteiger partial charge in [-0.3, -0.25) is 9.59 Å². The fourth-order valence-electron chi connectivity index (χ4n) is 4.12. The second-order valence-electron chi connectivity index (χ2n) is 10.2. The molecule has 0 unspecified atom stereocenters.